The minimum absolute atomic E-state index is 0.786. The summed E-state index contributed by atoms with van der Waals surface area (Å²) in [5, 5.41) is 11.0. The van der Waals surface area contributed by atoms with E-state index in [0.717, 1.165) is 41.2 Å². The molecule has 0 amide bonds. The van der Waals surface area contributed by atoms with E-state index in [4.69, 9.17) is 0 Å². The number of aryl methyl sites for hydroxylation is 2. The molecular formula is C11H16N6S. The summed E-state index contributed by atoms with van der Waals surface area (Å²) in [5.41, 5.74) is 1.10. The highest BCUT2D eigenvalue weighted by atomic mass is 32.2. The highest BCUT2D eigenvalue weighted by molar-refractivity contribution is 7.99. The van der Waals surface area contributed by atoms with E-state index < -0.39 is 0 Å². The van der Waals surface area contributed by atoms with Gasteiger partial charge in [-0.3, -0.25) is 5.10 Å². The summed E-state index contributed by atoms with van der Waals surface area (Å²) >= 11 is 1.63. The molecule has 0 atom stereocenters. The molecule has 0 radical (unpaired) electrons. The molecule has 18 heavy (non-hydrogen) atoms. The lowest BCUT2D eigenvalue weighted by atomic mass is 10.3. The van der Waals surface area contributed by atoms with Gasteiger partial charge in [0.05, 0.1) is 0 Å². The van der Waals surface area contributed by atoms with Gasteiger partial charge in [0.2, 0.25) is 5.16 Å². The second-order valence-corrected chi connectivity index (χ2v) is 4.93. The van der Waals surface area contributed by atoms with Gasteiger partial charge < -0.3 is 5.32 Å². The van der Waals surface area contributed by atoms with E-state index in [1.807, 2.05) is 26.2 Å². The van der Waals surface area contributed by atoms with E-state index in [-0.39, 0.29) is 0 Å². The van der Waals surface area contributed by atoms with Gasteiger partial charge in [-0.25, -0.2) is 15.0 Å². The van der Waals surface area contributed by atoms with Crippen LogP contribution >= 0.6 is 11.8 Å². The van der Waals surface area contributed by atoms with Crippen molar-refractivity contribution in [1.29, 1.82) is 0 Å². The summed E-state index contributed by atoms with van der Waals surface area (Å²) in [7, 11) is 0. The van der Waals surface area contributed by atoms with Crippen LogP contribution in [0.2, 0.25) is 0 Å². The monoisotopic (exact) mass is 264 g/mol. The second kappa shape index (κ2) is 6.46. The summed E-state index contributed by atoms with van der Waals surface area (Å²) in [5.74, 6) is 2.58. The van der Waals surface area contributed by atoms with Gasteiger partial charge in [-0.05, 0) is 13.8 Å². The zero-order valence-electron chi connectivity index (χ0n) is 10.5. The molecule has 2 rings (SSSR count). The van der Waals surface area contributed by atoms with E-state index in [0.29, 0.717) is 0 Å². The summed E-state index contributed by atoms with van der Waals surface area (Å²) in [4.78, 5) is 12.5. The standard InChI is InChI=1S/C11H16N6S/c1-8-13-6-10(7-14-8)5-12-3-4-18-11-15-9(2)16-17-11/h6-7,12H,3-5H2,1-2H3,(H,15,16,17). The van der Waals surface area contributed by atoms with E-state index in [9.17, 15) is 0 Å². The number of aromatic amines is 1. The SMILES string of the molecule is Cc1ncc(CNCCSc2n[nH]c(C)n2)cn1. The molecule has 96 valence electrons. The Hall–Kier alpha value is -1.47. The molecular weight excluding hydrogens is 248 g/mol. The molecule has 2 aromatic heterocycles. The highest BCUT2D eigenvalue weighted by Crippen LogP contribution is 2.10. The lowest BCUT2D eigenvalue weighted by molar-refractivity contribution is 0.724. The van der Waals surface area contributed by atoms with Crippen molar-refractivity contribution in [1.82, 2.24) is 30.5 Å². The Morgan fingerprint density at radius 2 is 2.06 bits per heavy atom. The average Bonchev–Trinajstić information content (AvgIpc) is 2.77. The first-order chi connectivity index (χ1) is 8.74. The minimum atomic E-state index is 0.786. The lowest BCUT2D eigenvalue weighted by Crippen LogP contribution is -2.17. The van der Waals surface area contributed by atoms with Crippen LogP contribution in [0.5, 0.6) is 0 Å². The molecule has 0 spiro atoms. The van der Waals surface area contributed by atoms with Crippen molar-refractivity contribution in [2.75, 3.05) is 12.3 Å². The van der Waals surface area contributed by atoms with Gasteiger partial charge in [-0.2, -0.15) is 0 Å². The highest BCUT2D eigenvalue weighted by Gasteiger charge is 2.00. The van der Waals surface area contributed by atoms with E-state index in [1.165, 1.54) is 0 Å². The number of H-pyrrole nitrogens is 1. The van der Waals surface area contributed by atoms with Crippen LogP contribution in [0.15, 0.2) is 17.6 Å². The molecule has 2 aromatic rings. The Bertz CT molecular complexity index is 481. The molecule has 0 aliphatic heterocycles. The van der Waals surface area contributed by atoms with Gasteiger partial charge >= 0.3 is 0 Å². The average molecular weight is 264 g/mol. The van der Waals surface area contributed by atoms with E-state index >= 15 is 0 Å². The summed E-state index contributed by atoms with van der Waals surface area (Å²) < 4.78 is 0. The largest absolute Gasteiger partial charge is 0.312 e. The van der Waals surface area contributed by atoms with E-state index in [2.05, 4.69) is 30.5 Å². The van der Waals surface area contributed by atoms with Crippen LogP contribution in [0.25, 0.3) is 0 Å². The molecule has 0 bridgehead atoms. The normalized spacial score (nSPS) is 10.8. The Balaban J connectivity index is 1.63. The van der Waals surface area contributed by atoms with E-state index in [1.54, 1.807) is 11.8 Å². The number of thioether (sulfide) groups is 1. The summed E-state index contributed by atoms with van der Waals surface area (Å²) in [6.07, 6.45) is 3.70. The third kappa shape index (κ3) is 4.08. The maximum Gasteiger partial charge on any atom is 0.208 e. The predicted molar refractivity (Wildman–Crippen MR) is 70.3 cm³/mol. The Labute approximate surface area is 110 Å². The first-order valence-corrected chi connectivity index (χ1v) is 6.72. The quantitative estimate of drug-likeness (QED) is 0.600. The maximum atomic E-state index is 4.22. The van der Waals surface area contributed by atoms with Crippen LogP contribution in [-0.4, -0.2) is 37.4 Å². The zero-order valence-corrected chi connectivity index (χ0v) is 11.3. The molecule has 2 heterocycles. The van der Waals surface area contributed by atoms with Crippen LogP contribution in [0, 0.1) is 13.8 Å². The Kier molecular flexibility index (Phi) is 4.66. The number of hydrogen-bond acceptors (Lipinski definition) is 6. The maximum absolute atomic E-state index is 4.22. The molecule has 0 unspecified atom stereocenters. The van der Waals surface area contributed by atoms with Crippen LogP contribution in [-0.2, 0) is 6.54 Å². The molecule has 0 aromatic carbocycles. The van der Waals surface area contributed by atoms with Crippen molar-refractivity contribution in [3.05, 3.63) is 29.6 Å². The van der Waals surface area contributed by atoms with Gasteiger partial charge in [0.1, 0.15) is 11.6 Å². The molecule has 6 nitrogen and oxygen atoms in total. The molecule has 0 aliphatic rings. The van der Waals surface area contributed by atoms with Gasteiger partial charge in [-0.1, -0.05) is 11.8 Å². The topological polar surface area (TPSA) is 79.4 Å². The van der Waals surface area contributed by atoms with Gasteiger partial charge in [0, 0.05) is 36.8 Å². The van der Waals surface area contributed by atoms with Crippen molar-refractivity contribution >= 4 is 11.8 Å². The zero-order chi connectivity index (χ0) is 12.8. The predicted octanol–water partition coefficient (Wildman–Crippen LogP) is 1.09. The third-order valence-electron chi connectivity index (χ3n) is 2.25. The van der Waals surface area contributed by atoms with Gasteiger partial charge in [0.15, 0.2) is 0 Å². The second-order valence-electron chi connectivity index (χ2n) is 3.87. The van der Waals surface area contributed by atoms with Crippen molar-refractivity contribution in [3.8, 4) is 0 Å². The summed E-state index contributed by atoms with van der Waals surface area (Å²) in [6.45, 7) is 5.46. The van der Waals surface area contributed by atoms with Crippen molar-refractivity contribution in [2.24, 2.45) is 0 Å². The van der Waals surface area contributed by atoms with Gasteiger partial charge in [0.25, 0.3) is 0 Å². The fourth-order valence-electron chi connectivity index (χ4n) is 1.34. The molecule has 0 fully saturated rings. The van der Waals surface area contributed by atoms with Crippen molar-refractivity contribution in [2.45, 2.75) is 25.5 Å². The minimum Gasteiger partial charge on any atom is -0.312 e. The fraction of sp³-hybridized carbons (Fsp3) is 0.455. The molecule has 2 N–H and O–H groups in total. The number of hydrogen-bond donors (Lipinski definition) is 2. The number of nitrogens with one attached hydrogen (secondary N) is 2. The molecule has 0 saturated carbocycles. The number of aromatic nitrogens is 5. The number of rotatable bonds is 6. The van der Waals surface area contributed by atoms with Crippen molar-refractivity contribution < 1.29 is 0 Å². The first-order valence-electron chi connectivity index (χ1n) is 5.74. The van der Waals surface area contributed by atoms with Crippen LogP contribution < -0.4 is 5.32 Å². The fourth-order valence-corrected chi connectivity index (χ4v) is 2.09. The Morgan fingerprint density at radius 3 is 2.72 bits per heavy atom. The summed E-state index contributed by atoms with van der Waals surface area (Å²) in [6, 6.07) is 0. The van der Waals surface area contributed by atoms with Crippen molar-refractivity contribution in [3.63, 3.8) is 0 Å². The van der Waals surface area contributed by atoms with Gasteiger partial charge in [-0.15, -0.1) is 5.10 Å². The molecule has 0 saturated heterocycles. The third-order valence-corrected chi connectivity index (χ3v) is 3.10. The van der Waals surface area contributed by atoms with Crippen LogP contribution in [0.1, 0.15) is 17.2 Å². The van der Waals surface area contributed by atoms with Crippen LogP contribution in [0.4, 0.5) is 0 Å². The van der Waals surface area contributed by atoms with Crippen LogP contribution in [0.3, 0.4) is 0 Å². The smallest absolute Gasteiger partial charge is 0.208 e. The molecule has 0 aliphatic carbocycles. The first kappa shape index (κ1) is 13.0. The number of nitrogens with zero attached hydrogens (tertiary/aromatic N) is 4. The lowest BCUT2D eigenvalue weighted by Gasteiger charge is -2.03. The molecule has 7 heteroatoms. The Morgan fingerprint density at radius 1 is 1.28 bits per heavy atom.